The van der Waals surface area contributed by atoms with Gasteiger partial charge in [0.2, 0.25) is 5.91 Å². The molecule has 0 spiro atoms. The number of amides is 1. The Morgan fingerprint density at radius 3 is 2.65 bits per heavy atom. The van der Waals surface area contributed by atoms with Crippen LogP contribution >= 0.6 is 11.8 Å². The summed E-state index contributed by atoms with van der Waals surface area (Å²) in [5.41, 5.74) is 0.961. The number of benzene rings is 1. The molecule has 0 aliphatic heterocycles. The number of nitrogens with one attached hydrogen (secondary N) is 1. The minimum atomic E-state index is -0.192. The van der Waals surface area contributed by atoms with Gasteiger partial charge in [0, 0.05) is 18.7 Å². The van der Waals surface area contributed by atoms with Crippen molar-refractivity contribution in [2.24, 2.45) is 7.05 Å². The van der Waals surface area contributed by atoms with Crippen molar-refractivity contribution in [2.45, 2.75) is 36.2 Å². The van der Waals surface area contributed by atoms with Crippen LogP contribution in [0.2, 0.25) is 0 Å². The van der Waals surface area contributed by atoms with Crippen LogP contribution in [0.25, 0.3) is 11.4 Å². The Bertz CT molecular complexity index is 695. The van der Waals surface area contributed by atoms with Gasteiger partial charge in [-0.1, -0.05) is 11.8 Å². The number of thioether (sulfide) groups is 1. The molecule has 0 unspecified atom stereocenters. The van der Waals surface area contributed by atoms with E-state index in [1.165, 1.54) is 11.8 Å². The van der Waals surface area contributed by atoms with Crippen LogP contribution in [0.4, 0.5) is 0 Å². The van der Waals surface area contributed by atoms with Gasteiger partial charge in [0.1, 0.15) is 5.75 Å². The van der Waals surface area contributed by atoms with Crippen LogP contribution < -0.4 is 10.1 Å². The molecule has 1 aromatic carbocycles. The lowest BCUT2D eigenvalue weighted by Gasteiger charge is -2.11. The molecule has 0 radical (unpaired) electrons. The molecule has 6 nitrogen and oxygen atoms in total. The average Bonchev–Trinajstić information content (AvgIpc) is 3.31. The minimum Gasteiger partial charge on any atom is -0.497 e. The minimum absolute atomic E-state index is 0.0616. The predicted octanol–water partition coefficient (Wildman–Crippen LogP) is 2.25. The second-order valence-corrected chi connectivity index (χ2v) is 6.94. The van der Waals surface area contributed by atoms with Gasteiger partial charge in [0.05, 0.1) is 12.4 Å². The van der Waals surface area contributed by atoms with Crippen molar-refractivity contribution in [2.75, 3.05) is 7.11 Å². The molecule has 2 aromatic rings. The molecular weight excluding hydrogens is 312 g/mol. The van der Waals surface area contributed by atoms with Crippen LogP contribution in [0.3, 0.4) is 0 Å². The van der Waals surface area contributed by atoms with E-state index in [0.29, 0.717) is 6.04 Å². The quantitative estimate of drug-likeness (QED) is 0.822. The molecular formula is C16H20N4O2S. The van der Waals surface area contributed by atoms with E-state index in [1.54, 1.807) is 7.11 Å². The number of methoxy groups -OCH3 is 1. The van der Waals surface area contributed by atoms with E-state index >= 15 is 0 Å². The third kappa shape index (κ3) is 3.67. The van der Waals surface area contributed by atoms with Gasteiger partial charge in [-0.25, -0.2) is 0 Å². The first-order valence-electron chi connectivity index (χ1n) is 7.59. The van der Waals surface area contributed by atoms with Gasteiger partial charge in [0.15, 0.2) is 11.0 Å². The first kappa shape index (κ1) is 15.9. The number of aromatic nitrogens is 3. The first-order valence-corrected chi connectivity index (χ1v) is 8.47. The zero-order chi connectivity index (χ0) is 16.4. The van der Waals surface area contributed by atoms with Crippen LogP contribution in [0.1, 0.15) is 19.8 Å². The lowest BCUT2D eigenvalue weighted by molar-refractivity contribution is -0.120. The normalized spacial score (nSPS) is 15.3. The molecule has 1 saturated carbocycles. The molecule has 122 valence electrons. The summed E-state index contributed by atoms with van der Waals surface area (Å²) in [5, 5.41) is 12.0. The van der Waals surface area contributed by atoms with E-state index < -0.39 is 0 Å². The van der Waals surface area contributed by atoms with Gasteiger partial charge < -0.3 is 14.6 Å². The van der Waals surface area contributed by atoms with Crippen LogP contribution in [0.5, 0.6) is 5.75 Å². The highest BCUT2D eigenvalue weighted by Gasteiger charge is 2.27. The Hall–Kier alpha value is -2.02. The zero-order valence-electron chi connectivity index (χ0n) is 13.4. The summed E-state index contributed by atoms with van der Waals surface area (Å²) in [6, 6.07) is 8.05. The lowest BCUT2D eigenvalue weighted by Crippen LogP contribution is -2.32. The van der Waals surface area contributed by atoms with E-state index in [4.69, 9.17) is 4.74 Å². The summed E-state index contributed by atoms with van der Waals surface area (Å²) in [6.45, 7) is 1.89. The van der Waals surface area contributed by atoms with Crippen molar-refractivity contribution in [3.63, 3.8) is 0 Å². The fourth-order valence-electron chi connectivity index (χ4n) is 2.17. The SMILES string of the molecule is COc1ccc(-c2nnc(S[C@@H](C)C(=O)NC3CC3)n2C)cc1. The second kappa shape index (κ2) is 6.62. The van der Waals surface area contributed by atoms with Gasteiger partial charge >= 0.3 is 0 Å². The fourth-order valence-corrected chi connectivity index (χ4v) is 2.99. The summed E-state index contributed by atoms with van der Waals surface area (Å²) in [4.78, 5) is 12.1. The number of nitrogens with zero attached hydrogens (tertiary/aromatic N) is 3. The number of ether oxygens (including phenoxy) is 1. The van der Waals surface area contributed by atoms with Crippen molar-refractivity contribution >= 4 is 17.7 Å². The van der Waals surface area contributed by atoms with Gasteiger partial charge in [-0.15, -0.1) is 10.2 Å². The second-order valence-electron chi connectivity index (χ2n) is 5.64. The summed E-state index contributed by atoms with van der Waals surface area (Å²) in [7, 11) is 3.55. The maximum absolute atomic E-state index is 12.1. The fraction of sp³-hybridized carbons (Fsp3) is 0.438. The number of hydrogen-bond donors (Lipinski definition) is 1. The van der Waals surface area contributed by atoms with Gasteiger partial charge in [-0.3, -0.25) is 4.79 Å². The van der Waals surface area contributed by atoms with Crippen molar-refractivity contribution in [1.29, 1.82) is 0 Å². The van der Waals surface area contributed by atoms with Gasteiger partial charge in [-0.05, 0) is 44.0 Å². The lowest BCUT2D eigenvalue weighted by atomic mass is 10.2. The smallest absolute Gasteiger partial charge is 0.233 e. The van der Waals surface area contributed by atoms with Crippen molar-refractivity contribution in [1.82, 2.24) is 20.1 Å². The molecule has 0 bridgehead atoms. The number of carbonyl (C=O) groups excluding carboxylic acids is 1. The van der Waals surface area contributed by atoms with Crippen LogP contribution in [0.15, 0.2) is 29.4 Å². The number of hydrogen-bond acceptors (Lipinski definition) is 5. The Labute approximate surface area is 139 Å². The molecule has 1 aliphatic carbocycles. The number of carbonyl (C=O) groups is 1. The van der Waals surface area contributed by atoms with E-state index in [0.717, 1.165) is 35.1 Å². The van der Waals surface area contributed by atoms with E-state index in [1.807, 2.05) is 42.8 Å². The maximum atomic E-state index is 12.1. The standard InChI is InChI=1S/C16H20N4O2S/c1-10(15(21)17-12-6-7-12)23-16-19-18-14(20(16)2)11-4-8-13(22-3)9-5-11/h4-5,8-10,12H,6-7H2,1-3H3,(H,17,21)/t10-/m0/s1. The molecule has 1 heterocycles. The van der Waals surface area contributed by atoms with Crippen LogP contribution in [-0.4, -0.2) is 39.1 Å². The summed E-state index contributed by atoms with van der Waals surface area (Å²) in [6.07, 6.45) is 2.18. The van der Waals surface area contributed by atoms with Crippen molar-refractivity contribution in [3.05, 3.63) is 24.3 Å². The topological polar surface area (TPSA) is 69.0 Å². The molecule has 1 N–H and O–H groups in total. The Morgan fingerprint density at radius 2 is 2.04 bits per heavy atom. The van der Waals surface area contributed by atoms with Crippen molar-refractivity contribution in [3.8, 4) is 17.1 Å². The largest absolute Gasteiger partial charge is 0.497 e. The van der Waals surface area contributed by atoms with Gasteiger partial charge in [0.25, 0.3) is 0 Å². The van der Waals surface area contributed by atoms with Crippen molar-refractivity contribution < 1.29 is 9.53 Å². The van der Waals surface area contributed by atoms with Gasteiger partial charge in [-0.2, -0.15) is 0 Å². The van der Waals surface area contributed by atoms with E-state index in [9.17, 15) is 4.79 Å². The monoisotopic (exact) mass is 332 g/mol. The molecule has 7 heteroatoms. The summed E-state index contributed by atoms with van der Waals surface area (Å²) < 4.78 is 7.07. The molecule has 1 aliphatic rings. The highest BCUT2D eigenvalue weighted by molar-refractivity contribution is 8.00. The third-order valence-electron chi connectivity index (χ3n) is 3.76. The average molecular weight is 332 g/mol. The maximum Gasteiger partial charge on any atom is 0.233 e. The molecule has 1 amide bonds. The molecule has 1 fully saturated rings. The predicted molar refractivity (Wildman–Crippen MR) is 89.5 cm³/mol. The molecule has 1 atom stereocenters. The zero-order valence-corrected chi connectivity index (χ0v) is 14.3. The van der Waals surface area contributed by atoms with E-state index in [2.05, 4.69) is 15.5 Å². The molecule has 0 saturated heterocycles. The van der Waals surface area contributed by atoms with Crippen LogP contribution in [0, 0.1) is 0 Å². The highest BCUT2D eigenvalue weighted by atomic mass is 32.2. The Balaban J connectivity index is 1.71. The molecule has 23 heavy (non-hydrogen) atoms. The molecule has 3 rings (SSSR count). The Kier molecular flexibility index (Phi) is 4.56. The van der Waals surface area contributed by atoms with E-state index in [-0.39, 0.29) is 11.2 Å². The Morgan fingerprint density at radius 1 is 1.35 bits per heavy atom. The summed E-state index contributed by atoms with van der Waals surface area (Å²) in [5.74, 6) is 1.63. The highest BCUT2D eigenvalue weighted by Crippen LogP contribution is 2.27. The number of rotatable bonds is 6. The first-order chi connectivity index (χ1) is 11.1. The summed E-state index contributed by atoms with van der Waals surface area (Å²) >= 11 is 1.42. The molecule has 1 aromatic heterocycles. The van der Waals surface area contributed by atoms with Crippen LogP contribution in [-0.2, 0) is 11.8 Å². The third-order valence-corrected chi connectivity index (χ3v) is 4.89.